The molecule has 134 valence electrons. The summed E-state index contributed by atoms with van der Waals surface area (Å²) < 4.78 is 0. The highest BCUT2D eigenvalue weighted by atomic mass is 16.2. The molecule has 0 spiro atoms. The van der Waals surface area contributed by atoms with Crippen molar-refractivity contribution in [2.75, 3.05) is 0 Å². The quantitative estimate of drug-likeness (QED) is 0.458. The second kappa shape index (κ2) is 5.11. The van der Waals surface area contributed by atoms with Crippen LogP contribution in [0.2, 0.25) is 0 Å². The molecule has 4 aliphatic rings. The van der Waals surface area contributed by atoms with Crippen molar-refractivity contribution in [1.82, 2.24) is 0 Å². The Labute approximate surface area is 147 Å². The summed E-state index contributed by atoms with van der Waals surface area (Å²) in [6, 6.07) is 0. The van der Waals surface area contributed by atoms with Crippen LogP contribution in [-0.2, 0) is 4.79 Å². The molecule has 0 aromatic rings. The van der Waals surface area contributed by atoms with Crippen LogP contribution in [-0.4, -0.2) is 10.9 Å². The molecule has 4 fully saturated rings. The number of Topliss-reactive ketones (excluding diaryl/α,β-unsaturated/α-hetero) is 1. The van der Waals surface area contributed by atoms with Gasteiger partial charge in [-0.05, 0) is 79.4 Å². The molecule has 0 amide bonds. The molecule has 6 atom stereocenters. The van der Waals surface area contributed by atoms with E-state index in [0.29, 0.717) is 16.9 Å². The van der Waals surface area contributed by atoms with E-state index in [4.69, 9.17) is 0 Å². The van der Waals surface area contributed by atoms with Gasteiger partial charge in [0.1, 0.15) is 0 Å². The molecule has 0 saturated heterocycles. The zero-order chi connectivity index (χ0) is 17.3. The van der Waals surface area contributed by atoms with Gasteiger partial charge < -0.3 is 5.11 Å². The normalized spacial score (nSPS) is 51.8. The van der Waals surface area contributed by atoms with Crippen LogP contribution in [0.5, 0.6) is 0 Å². The molecule has 4 rings (SSSR count). The van der Waals surface area contributed by atoms with Crippen molar-refractivity contribution in [3.8, 4) is 0 Å². The van der Waals surface area contributed by atoms with Gasteiger partial charge in [0.05, 0.1) is 6.26 Å². The third-order valence-electron chi connectivity index (χ3n) is 9.13. The molecular formula is C22H34O2. The molecule has 0 unspecified atom stereocenters. The molecule has 0 heterocycles. The lowest BCUT2D eigenvalue weighted by Crippen LogP contribution is -2.58. The Morgan fingerprint density at radius 2 is 1.75 bits per heavy atom. The van der Waals surface area contributed by atoms with Gasteiger partial charge in [-0.15, -0.1) is 0 Å². The number of carbonyl (C=O) groups is 1. The minimum absolute atomic E-state index is 0.179. The number of aliphatic hydroxyl groups excluding tert-OH is 1. The Bertz CT molecular complexity index is 589. The van der Waals surface area contributed by atoms with Crippen LogP contribution < -0.4 is 0 Å². The number of hydrogen-bond donors (Lipinski definition) is 1. The third-order valence-corrected chi connectivity index (χ3v) is 9.13. The Morgan fingerprint density at radius 3 is 2.46 bits per heavy atom. The fourth-order valence-corrected chi connectivity index (χ4v) is 8.06. The summed E-state index contributed by atoms with van der Waals surface area (Å²) in [5.74, 6) is 3.13. The second-order valence-corrected chi connectivity index (χ2v) is 10.5. The summed E-state index contributed by atoms with van der Waals surface area (Å²) in [6.07, 6.45) is 11.4. The monoisotopic (exact) mass is 330 g/mol. The van der Waals surface area contributed by atoms with Gasteiger partial charge in [-0.2, -0.15) is 0 Å². The van der Waals surface area contributed by atoms with Gasteiger partial charge in [0.2, 0.25) is 0 Å². The van der Waals surface area contributed by atoms with Gasteiger partial charge in [0.15, 0.2) is 5.78 Å². The Kier molecular flexibility index (Phi) is 3.55. The number of carbonyl (C=O) groups excluding carboxylic acids is 1. The Morgan fingerprint density at radius 1 is 1.00 bits per heavy atom. The van der Waals surface area contributed by atoms with Crippen LogP contribution in [0.3, 0.4) is 0 Å². The maximum Gasteiger partial charge on any atom is 0.167 e. The summed E-state index contributed by atoms with van der Waals surface area (Å²) in [7, 11) is 0. The van der Waals surface area contributed by atoms with E-state index in [9.17, 15) is 9.90 Å². The first-order valence-corrected chi connectivity index (χ1v) is 10.1. The molecule has 0 aromatic heterocycles. The molecule has 24 heavy (non-hydrogen) atoms. The molecule has 0 radical (unpaired) electrons. The van der Waals surface area contributed by atoms with Crippen molar-refractivity contribution in [2.45, 2.75) is 79.1 Å². The van der Waals surface area contributed by atoms with Gasteiger partial charge in [-0.25, -0.2) is 0 Å². The van der Waals surface area contributed by atoms with E-state index in [0.717, 1.165) is 30.4 Å². The van der Waals surface area contributed by atoms with E-state index in [1.807, 2.05) is 0 Å². The predicted octanol–water partition coefficient (Wildman–Crippen LogP) is 5.68. The van der Waals surface area contributed by atoms with Gasteiger partial charge in [-0.3, -0.25) is 4.79 Å². The zero-order valence-electron chi connectivity index (χ0n) is 15.9. The molecule has 2 nitrogen and oxygen atoms in total. The number of aliphatic hydroxyl groups is 1. The average Bonchev–Trinajstić information content (AvgIpc) is 2.93. The summed E-state index contributed by atoms with van der Waals surface area (Å²) in [4.78, 5) is 12.8. The largest absolute Gasteiger partial charge is 0.515 e. The summed E-state index contributed by atoms with van der Waals surface area (Å²) in [5, 5.41) is 9.70. The molecule has 0 aromatic carbocycles. The minimum atomic E-state index is -0.330. The Balaban J connectivity index is 1.73. The van der Waals surface area contributed by atoms with Crippen molar-refractivity contribution >= 4 is 5.78 Å². The zero-order valence-corrected chi connectivity index (χ0v) is 15.9. The smallest absolute Gasteiger partial charge is 0.167 e. The van der Waals surface area contributed by atoms with Crippen LogP contribution in [0.4, 0.5) is 0 Å². The van der Waals surface area contributed by atoms with Gasteiger partial charge >= 0.3 is 0 Å². The van der Waals surface area contributed by atoms with E-state index in [1.165, 1.54) is 44.9 Å². The number of fused-ring (bicyclic) bond motifs is 5. The fraction of sp³-hybridized carbons (Fsp3) is 0.864. The standard InChI is InChI=1S/C22H34O2/c1-20(2)18-8-7-15-16-6-5-10-21(16,3)11-9-17(15)22(18,4)12-14(13-23)19(20)24/h13,15-18,23H,5-12H2,1-4H3/b14-13-/t15-,16-,17-,18-,21-,22+/m0/s1. The van der Waals surface area contributed by atoms with E-state index in [-0.39, 0.29) is 16.6 Å². The van der Waals surface area contributed by atoms with Crippen LogP contribution in [0, 0.1) is 39.9 Å². The second-order valence-electron chi connectivity index (χ2n) is 10.5. The summed E-state index contributed by atoms with van der Waals surface area (Å²) in [5.41, 5.74) is 1.11. The fourth-order valence-electron chi connectivity index (χ4n) is 8.06. The first-order chi connectivity index (χ1) is 11.2. The van der Waals surface area contributed by atoms with E-state index >= 15 is 0 Å². The molecule has 1 N–H and O–H groups in total. The van der Waals surface area contributed by atoms with Gasteiger partial charge in [0.25, 0.3) is 0 Å². The molecule has 0 aliphatic heterocycles. The van der Waals surface area contributed by atoms with Crippen LogP contribution >= 0.6 is 0 Å². The number of rotatable bonds is 0. The van der Waals surface area contributed by atoms with Crippen LogP contribution in [0.25, 0.3) is 0 Å². The van der Waals surface area contributed by atoms with Crippen molar-refractivity contribution < 1.29 is 9.90 Å². The lowest BCUT2D eigenvalue weighted by atomic mass is 9.41. The van der Waals surface area contributed by atoms with Gasteiger partial charge in [-0.1, -0.05) is 34.1 Å². The van der Waals surface area contributed by atoms with E-state index in [2.05, 4.69) is 27.7 Å². The van der Waals surface area contributed by atoms with Crippen LogP contribution in [0.15, 0.2) is 11.8 Å². The van der Waals surface area contributed by atoms with Crippen molar-refractivity contribution in [1.29, 1.82) is 0 Å². The topological polar surface area (TPSA) is 37.3 Å². The lowest BCUT2D eigenvalue weighted by Gasteiger charge is -2.63. The van der Waals surface area contributed by atoms with Crippen molar-refractivity contribution in [3.05, 3.63) is 11.8 Å². The molecule has 4 saturated carbocycles. The summed E-state index contributed by atoms with van der Waals surface area (Å²) in [6.45, 7) is 9.25. The maximum absolute atomic E-state index is 12.8. The van der Waals surface area contributed by atoms with Gasteiger partial charge in [0, 0.05) is 11.0 Å². The van der Waals surface area contributed by atoms with Crippen molar-refractivity contribution in [3.63, 3.8) is 0 Å². The highest BCUT2D eigenvalue weighted by molar-refractivity contribution is 6.00. The predicted molar refractivity (Wildman–Crippen MR) is 96.6 cm³/mol. The van der Waals surface area contributed by atoms with Crippen molar-refractivity contribution in [2.24, 2.45) is 39.9 Å². The molecule has 0 bridgehead atoms. The first kappa shape index (κ1) is 16.7. The maximum atomic E-state index is 12.8. The number of ketones is 1. The van der Waals surface area contributed by atoms with E-state index < -0.39 is 0 Å². The molecular weight excluding hydrogens is 296 g/mol. The molecule has 4 aliphatic carbocycles. The minimum Gasteiger partial charge on any atom is -0.515 e. The molecule has 2 heteroatoms. The summed E-state index contributed by atoms with van der Waals surface area (Å²) >= 11 is 0. The van der Waals surface area contributed by atoms with Crippen LogP contribution in [0.1, 0.15) is 79.1 Å². The highest BCUT2D eigenvalue weighted by Crippen LogP contribution is 2.68. The Hall–Kier alpha value is -0.790. The first-order valence-electron chi connectivity index (χ1n) is 10.1. The average molecular weight is 331 g/mol. The SMILES string of the molecule is CC1(C)C(=O)/C(=C\O)C[C@]2(C)[C@H]3CC[C@]4(C)CCC[C@H]4[C@@H]3CC[C@@H]12. The lowest BCUT2D eigenvalue weighted by molar-refractivity contribution is -0.154. The highest BCUT2D eigenvalue weighted by Gasteiger charge is 2.62. The number of allylic oxidation sites excluding steroid dienone is 1. The number of hydrogen-bond acceptors (Lipinski definition) is 2. The third kappa shape index (κ3) is 1.98. The van der Waals surface area contributed by atoms with E-state index in [1.54, 1.807) is 0 Å².